The Hall–Kier alpha value is -3.52. The summed E-state index contributed by atoms with van der Waals surface area (Å²) in [6.45, 7) is 4.15. The van der Waals surface area contributed by atoms with E-state index in [0.29, 0.717) is 23.7 Å². The number of cyclic esters (lactones) is 1. The van der Waals surface area contributed by atoms with Gasteiger partial charge in [0.25, 0.3) is 0 Å². The summed E-state index contributed by atoms with van der Waals surface area (Å²) >= 11 is 0. The standard InChI is InChI=1S/C23H29FN5O9P/c1-5-35-39(33,34)38-15(3)36-22(31)28(14(2)30)11-18-12-29(23(32)37-18)17-6-7-21(19(24)8-17)27-10-16-9-26(4)25-20(16)13-27/h6-9,15,18H,5,10-13H2,1-4H3,(H,33,34). The Morgan fingerprint density at radius 3 is 2.74 bits per heavy atom. The molecule has 0 aliphatic carbocycles. The highest BCUT2D eigenvalue weighted by atomic mass is 31.2. The van der Waals surface area contributed by atoms with Crippen LogP contribution in [-0.4, -0.2) is 69.8 Å². The van der Waals surface area contributed by atoms with Gasteiger partial charge in [0.2, 0.25) is 12.2 Å². The number of benzene rings is 1. The second-order valence-corrected chi connectivity index (χ2v) is 10.4. The summed E-state index contributed by atoms with van der Waals surface area (Å²) in [5.74, 6) is -1.26. The first kappa shape index (κ1) is 28.5. The molecule has 1 saturated heterocycles. The molecular weight excluding hydrogens is 540 g/mol. The zero-order valence-electron chi connectivity index (χ0n) is 21.8. The number of halogens is 1. The predicted octanol–water partition coefficient (Wildman–Crippen LogP) is 2.89. The van der Waals surface area contributed by atoms with Gasteiger partial charge in [-0.1, -0.05) is 0 Å². The van der Waals surface area contributed by atoms with Gasteiger partial charge in [-0.25, -0.2) is 28.0 Å². The van der Waals surface area contributed by atoms with E-state index < -0.39 is 44.1 Å². The largest absolute Gasteiger partial charge is 0.475 e. The fourth-order valence-electron chi connectivity index (χ4n) is 4.35. The van der Waals surface area contributed by atoms with E-state index in [1.807, 2.05) is 18.1 Å². The number of aryl methyl sites for hydroxylation is 1. The van der Waals surface area contributed by atoms with Crippen LogP contribution in [0.3, 0.4) is 0 Å². The number of carbonyl (C=O) groups excluding carboxylic acids is 3. The second-order valence-electron chi connectivity index (χ2n) is 8.96. The Kier molecular flexibility index (Phi) is 8.25. The van der Waals surface area contributed by atoms with Crippen LogP contribution >= 0.6 is 7.82 Å². The van der Waals surface area contributed by atoms with Crippen molar-refractivity contribution in [2.24, 2.45) is 7.05 Å². The van der Waals surface area contributed by atoms with Gasteiger partial charge >= 0.3 is 20.0 Å². The monoisotopic (exact) mass is 569 g/mol. The molecule has 39 heavy (non-hydrogen) atoms. The molecule has 1 aromatic carbocycles. The Balaban J connectivity index is 1.37. The quantitative estimate of drug-likeness (QED) is 0.350. The lowest BCUT2D eigenvalue weighted by molar-refractivity contribution is -0.130. The maximum absolute atomic E-state index is 15.1. The van der Waals surface area contributed by atoms with Gasteiger partial charge in [-0.05, 0) is 32.0 Å². The molecule has 0 spiro atoms. The van der Waals surface area contributed by atoms with Crippen molar-refractivity contribution in [2.45, 2.75) is 46.3 Å². The first-order chi connectivity index (χ1) is 18.4. The first-order valence-electron chi connectivity index (χ1n) is 12.0. The van der Waals surface area contributed by atoms with E-state index in [-0.39, 0.29) is 25.4 Å². The van der Waals surface area contributed by atoms with Crippen LogP contribution in [0.4, 0.5) is 25.4 Å². The zero-order chi connectivity index (χ0) is 28.5. The lowest BCUT2D eigenvalue weighted by Crippen LogP contribution is -2.43. The van der Waals surface area contributed by atoms with Crippen LogP contribution in [0.15, 0.2) is 24.4 Å². The van der Waals surface area contributed by atoms with Crippen molar-refractivity contribution in [1.29, 1.82) is 0 Å². The number of phosphoric acid groups is 1. The van der Waals surface area contributed by atoms with E-state index in [1.54, 1.807) is 16.8 Å². The SMILES string of the molecule is CCOP(=O)(O)OC(C)OC(=O)N(CC1CN(c2ccc(N3Cc4cn(C)nc4C3)c(F)c2)C(=O)O1)C(C)=O. The average molecular weight is 569 g/mol. The molecule has 16 heteroatoms. The van der Waals surface area contributed by atoms with E-state index >= 15 is 4.39 Å². The lowest BCUT2D eigenvalue weighted by Gasteiger charge is -2.24. The number of hydrogen-bond donors (Lipinski definition) is 1. The summed E-state index contributed by atoms with van der Waals surface area (Å²) in [4.78, 5) is 50.4. The van der Waals surface area contributed by atoms with Crippen LogP contribution in [0.2, 0.25) is 0 Å². The molecule has 2 aliphatic rings. The average Bonchev–Trinajstić information content (AvgIpc) is 3.48. The highest BCUT2D eigenvalue weighted by molar-refractivity contribution is 7.47. The molecule has 3 amide bonds. The lowest BCUT2D eigenvalue weighted by atomic mass is 10.2. The maximum atomic E-state index is 15.1. The van der Waals surface area contributed by atoms with Crippen molar-refractivity contribution in [3.05, 3.63) is 41.5 Å². The molecule has 2 aromatic rings. The Bertz CT molecular complexity index is 1300. The van der Waals surface area contributed by atoms with Gasteiger partial charge in [0.1, 0.15) is 11.9 Å². The fourth-order valence-corrected chi connectivity index (χ4v) is 5.16. The Labute approximate surface area is 223 Å². The molecule has 212 valence electrons. The number of rotatable bonds is 9. The molecular formula is C23H29FN5O9P. The summed E-state index contributed by atoms with van der Waals surface area (Å²) in [6, 6.07) is 4.37. The summed E-state index contributed by atoms with van der Waals surface area (Å²) in [6.07, 6.45) is -2.54. The molecule has 1 N–H and O–H groups in total. The van der Waals surface area contributed by atoms with Crippen LogP contribution < -0.4 is 9.80 Å². The third kappa shape index (κ3) is 6.56. The van der Waals surface area contributed by atoms with Crippen molar-refractivity contribution in [3.63, 3.8) is 0 Å². The van der Waals surface area contributed by atoms with Gasteiger partial charge in [0.05, 0.1) is 43.3 Å². The topological polar surface area (TPSA) is 153 Å². The molecule has 1 fully saturated rings. The van der Waals surface area contributed by atoms with Crippen LogP contribution in [0.5, 0.6) is 0 Å². The minimum Gasteiger partial charge on any atom is -0.442 e. The van der Waals surface area contributed by atoms with E-state index in [1.165, 1.54) is 24.8 Å². The van der Waals surface area contributed by atoms with Gasteiger partial charge in [0, 0.05) is 32.3 Å². The number of hydrogen-bond acceptors (Lipinski definition) is 10. The fraction of sp³-hybridized carbons (Fsp3) is 0.478. The molecule has 2 aliphatic heterocycles. The summed E-state index contributed by atoms with van der Waals surface area (Å²) in [5, 5.41) is 4.37. The molecule has 4 rings (SSSR count). The Morgan fingerprint density at radius 1 is 1.36 bits per heavy atom. The normalized spacial score (nSPS) is 18.9. The summed E-state index contributed by atoms with van der Waals surface area (Å²) in [7, 11) is -2.63. The number of fused-ring (bicyclic) bond motifs is 1. The third-order valence-electron chi connectivity index (χ3n) is 5.98. The number of anilines is 2. The highest BCUT2D eigenvalue weighted by Crippen LogP contribution is 2.44. The third-order valence-corrected chi connectivity index (χ3v) is 7.13. The molecule has 0 bridgehead atoms. The second kappa shape index (κ2) is 11.3. The molecule has 1 aromatic heterocycles. The molecule has 3 atom stereocenters. The van der Waals surface area contributed by atoms with Crippen LogP contribution in [0.1, 0.15) is 32.0 Å². The molecule has 0 saturated carbocycles. The van der Waals surface area contributed by atoms with E-state index in [9.17, 15) is 23.8 Å². The summed E-state index contributed by atoms with van der Waals surface area (Å²) < 4.78 is 48.0. The van der Waals surface area contributed by atoms with Crippen molar-refractivity contribution < 1.29 is 46.8 Å². The summed E-state index contributed by atoms with van der Waals surface area (Å²) in [5.41, 5.74) is 2.50. The number of aromatic nitrogens is 2. The number of nitrogens with zero attached hydrogens (tertiary/aromatic N) is 5. The van der Waals surface area contributed by atoms with Crippen molar-refractivity contribution >= 4 is 37.3 Å². The smallest absolute Gasteiger partial charge is 0.442 e. The molecule has 3 heterocycles. The zero-order valence-corrected chi connectivity index (χ0v) is 22.7. The number of ether oxygens (including phenoxy) is 2. The Morgan fingerprint density at radius 2 is 2.10 bits per heavy atom. The number of imide groups is 1. The number of phosphoric ester groups is 1. The van der Waals surface area contributed by atoms with Gasteiger partial charge in [-0.3, -0.25) is 18.9 Å². The van der Waals surface area contributed by atoms with E-state index in [4.69, 9.17) is 9.47 Å². The van der Waals surface area contributed by atoms with Gasteiger partial charge < -0.3 is 19.3 Å². The highest BCUT2D eigenvalue weighted by Gasteiger charge is 2.37. The molecule has 3 unspecified atom stereocenters. The van der Waals surface area contributed by atoms with E-state index in [0.717, 1.165) is 18.2 Å². The van der Waals surface area contributed by atoms with Crippen molar-refractivity contribution in [3.8, 4) is 0 Å². The molecule has 0 radical (unpaired) electrons. The molecule has 14 nitrogen and oxygen atoms in total. The maximum Gasteiger partial charge on any atom is 0.475 e. The van der Waals surface area contributed by atoms with Crippen molar-refractivity contribution in [1.82, 2.24) is 14.7 Å². The van der Waals surface area contributed by atoms with E-state index in [2.05, 4.69) is 14.1 Å². The van der Waals surface area contributed by atoms with Gasteiger partial charge in [-0.2, -0.15) is 5.10 Å². The van der Waals surface area contributed by atoms with Crippen LogP contribution in [0, 0.1) is 5.82 Å². The van der Waals surface area contributed by atoms with Gasteiger partial charge in [0.15, 0.2) is 0 Å². The van der Waals surface area contributed by atoms with Crippen LogP contribution in [0.25, 0.3) is 0 Å². The van der Waals surface area contributed by atoms with Gasteiger partial charge in [-0.15, -0.1) is 0 Å². The number of carbonyl (C=O) groups is 3. The first-order valence-corrected chi connectivity index (χ1v) is 13.5. The van der Waals surface area contributed by atoms with Crippen molar-refractivity contribution in [2.75, 3.05) is 29.5 Å². The van der Waals surface area contributed by atoms with Crippen LogP contribution in [-0.2, 0) is 48.0 Å². The minimum absolute atomic E-state index is 0.0728. The number of amides is 3. The predicted molar refractivity (Wildman–Crippen MR) is 133 cm³/mol. The minimum atomic E-state index is -4.46.